The van der Waals surface area contributed by atoms with Crippen molar-refractivity contribution in [1.29, 1.82) is 0 Å². The molecule has 8 rings (SSSR count). The number of carbonyl (C=O) groups excluding carboxylic acids is 1. The highest BCUT2D eigenvalue weighted by molar-refractivity contribution is 7.85. The van der Waals surface area contributed by atoms with Crippen LogP contribution in [0.1, 0.15) is 75.8 Å². The first-order valence-corrected chi connectivity index (χ1v) is 15.4. The fraction of sp³-hybridized carbons (Fsp3) is 0.759. The van der Waals surface area contributed by atoms with Gasteiger partial charge in [0.2, 0.25) is 0 Å². The van der Waals surface area contributed by atoms with Gasteiger partial charge in [-0.25, -0.2) is 0 Å². The van der Waals surface area contributed by atoms with E-state index in [0.717, 1.165) is 53.8 Å². The lowest BCUT2D eigenvalue weighted by atomic mass is 9.42. The molecule has 6 bridgehead atoms. The third-order valence-corrected chi connectivity index (χ3v) is 12.6. The minimum Gasteiger partial charge on any atom is -0.426 e. The van der Waals surface area contributed by atoms with Gasteiger partial charge in [-0.05, 0) is 140 Å². The summed E-state index contributed by atoms with van der Waals surface area (Å²) < 4.78 is 39.8. The first-order valence-electron chi connectivity index (χ1n) is 14.0. The van der Waals surface area contributed by atoms with Gasteiger partial charge in [-0.2, -0.15) is 8.42 Å². The van der Waals surface area contributed by atoms with Gasteiger partial charge in [-0.15, -0.1) is 0 Å². The van der Waals surface area contributed by atoms with E-state index in [0.29, 0.717) is 28.7 Å². The topological polar surface area (TPSA) is 80.7 Å². The summed E-state index contributed by atoms with van der Waals surface area (Å²) >= 11 is 0. The van der Waals surface area contributed by atoms with Crippen molar-refractivity contribution in [2.75, 3.05) is 0 Å². The summed E-state index contributed by atoms with van der Waals surface area (Å²) in [7, 11) is -4.34. The quantitative estimate of drug-likeness (QED) is 0.319. The number of fused-ring (bicyclic) bond motifs is 5. The van der Waals surface area contributed by atoms with E-state index in [1.807, 2.05) is 13.8 Å². The van der Waals surface area contributed by atoms with Gasteiger partial charge in [0, 0.05) is 0 Å². The van der Waals surface area contributed by atoms with Crippen molar-refractivity contribution in [2.24, 2.45) is 65.1 Å². The van der Waals surface area contributed by atoms with Crippen molar-refractivity contribution < 1.29 is 22.5 Å². The Balaban J connectivity index is 1.22. The largest absolute Gasteiger partial charge is 0.426 e. The molecule has 9 atom stereocenters. The highest BCUT2D eigenvalue weighted by Gasteiger charge is 2.70. The number of carbonyl (C=O) groups is 1. The molecular formula is C29H38O5S. The summed E-state index contributed by atoms with van der Waals surface area (Å²) in [6.07, 6.45) is 9.32. The fourth-order valence-corrected chi connectivity index (χ4v) is 11.8. The third kappa shape index (κ3) is 3.14. The van der Waals surface area contributed by atoms with E-state index in [1.165, 1.54) is 44.6 Å². The zero-order chi connectivity index (χ0) is 24.4. The molecule has 0 aliphatic heterocycles. The first kappa shape index (κ1) is 22.8. The van der Waals surface area contributed by atoms with Crippen LogP contribution in [0.5, 0.6) is 5.75 Å². The van der Waals surface area contributed by atoms with Crippen LogP contribution in [0, 0.1) is 72.0 Å². The molecule has 0 radical (unpaired) electrons. The van der Waals surface area contributed by atoms with Crippen LogP contribution < -0.4 is 4.74 Å². The number of hydrogen-bond acceptors (Lipinski definition) is 4. The van der Waals surface area contributed by atoms with E-state index < -0.39 is 10.1 Å². The molecular weight excluding hydrogens is 460 g/mol. The second-order valence-electron chi connectivity index (χ2n) is 13.3. The maximum Gasteiger partial charge on any atom is 0.314 e. The molecule has 1 aromatic carbocycles. The number of aryl methyl sites for hydroxylation is 1. The summed E-state index contributed by atoms with van der Waals surface area (Å²) in [5.41, 5.74) is 1.07. The standard InChI is InChI=1S/C29H38O5S/c1-13(2)19-12-22(14(3)8-23(19)35(31,32)33)34-29(30)21-11-20-24-15-4-6-17(9-15)26(24)28(21)27-18-7-5-16(10-18)25(20)27/h8,12-13,15-18,20-21,24-28H,4-7,9-11H2,1-3H3,(H,31,32,33). The minimum atomic E-state index is -4.34. The van der Waals surface area contributed by atoms with Gasteiger partial charge in [-0.3, -0.25) is 9.35 Å². The Morgan fingerprint density at radius 3 is 1.94 bits per heavy atom. The lowest BCUT2D eigenvalue weighted by molar-refractivity contribution is -0.175. The summed E-state index contributed by atoms with van der Waals surface area (Å²) in [5.74, 6) is 7.97. The predicted octanol–water partition coefficient (Wildman–Crippen LogP) is 5.86. The van der Waals surface area contributed by atoms with Gasteiger partial charge in [0.25, 0.3) is 10.1 Å². The molecule has 0 aromatic heterocycles. The Bertz CT molecular complexity index is 1150. The summed E-state index contributed by atoms with van der Waals surface area (Å²) in [6.45, 7) is 5.53. The zero-order valence-electron chi connectivity index (χ0n) is 21.0. The maximum atomic E-state index is 13.9. The Morgan fingerprint density at radius 1 is 0.886 bits per heavy atom. The van der Waals surface area contributed by atoms with Crippen LogP contribution >= 0.6 is 0 Å². The Kier molecular flexibility index (Phi) is 4.92. The molecule has 0 saturated heterocycles. The number of esters is 1. The van der Waals surface area contributed by atoms with Crippen molar-refractivity contribution in [3.05, 3.63) is 23.3 Å². The number of benzene rings is 1. The lowest BCUT2D eigenvalue weighted by Crippen LogP contribution is -2.59. The van der Waals surface area contributed by atoms with Gasteiger partial charge in [-0.1, -0.05) is 13.8 Å². The van der Waals surface area contributed by atoms with Crippen molar-refractivity contribution in [3.8, 4) is 5.75 Å². The van der Waals surface area contributed by atoms with Crippen molar-refractivity contribution in [3.63, 3.8) is 0 Å². The van der Waals surface area contributed by atoms with Crippen molar-refractivity contribution in [1.82, 2.24) is 0 Å². The molecule has 35 heavy (non-hydrogen) atoms. The van der Waals surface area contributed by atoms with Crippen molar-refractivity contribution >= 4 is 16.1 Å². The van der Waals surface area contributed by atoms with Gasteiger partial charge in [0.15, 0.2) is 0 Å². The molecule has 190 valence electrons. The molecule has 9 unspecified atom stereocenters. The van der Waals surface area contributed by atoms with Crippen LogP contribution in [-0.4, -0.2) is 18.9 Å². The van der Waals surface area contributed by atoms with E-state index in [-0.39, 0.29) is 22.7 Å². The summed E-state index contributed by atoms with van der Waals surface area (Å²) in [6, 6.07) is 3.13. The zero-order valence-corrected chi connectivity index (χ0v) is 21.8. The molecule has 6 heteroatoms. The Morgan fingerprint density at radius 2 is 1.43 bits per heavy atom. The Labute approximate surface area is 209 Å². The molecule has 1 aromatic rings. The predicted molar refractivity (Wildman–Crippen MR) is 131 cm³/mol. The van der Waals surface area contributed by atoms with Crippen LogP contribution in [0.25, 0.3) is 0 Å². The van der Waals surface area contributed by atoms with Crippen LogP contribution in [0.4, 0.5) is 0 Å². The SMILES string of the molecule is Cc1cc(S(=O)(=O)O)c(C(C)C)cc1OC(=O)C1CC2C3C4CCC(C4)C3C1C1C3CCC(C3)C21. The normalized spacial score (nSPS) is 44.7. The molecule has 0 heterocycles. The van der Waals surface area contributed by atoms with Crippen LogP contribution in [0.2, 0.25) is 0 Å². The molecule has 0 spiro atoms. The molecule has 7 aliphatic rings. The van der Waals surface area contributed by atoms with Crippen LogP contribution in [0.15, 0.2) is 17.0 Å². The van der Waals surface area contributed by atoms with Crippen LogP contribution in [-0.2, 0) is 14.9 Å². The van der Waals surface area contributed by atoms with Gasteiger partial charge in [0.1, 0.15) is 5.75 Å². The highest BCUT2D eigenvalue weighted by atomic mass is 32.2. The van der Waals surface area contributed by atoms with E-state index in [2.05, 4.69) is 0 Å². The minimum absolute atomic E-state index is 0.0237. The molecule has 1 N–H and O–H groups in total. The monoisotopic (exact) mass is 498 g/mol. The third-order valence-electron chi connectivity index (χ3n) is 11.7. The molecule has 7 aliphatic carbocycles. The molecule has 7 saturated carbocycles. The smallest absolute Gasteiger partial charge is 0.314 e. The van der Waals surface area contributed by atoms with Gasteiger partial charge < -0.3 is 4.74 Å². The average molecular weight is 499 g/mol. The van der Waals surface area contributed by atoms with Gasteiger partial charge in [0.05, 0.1) is 10.8 Å². The number of ether oxygens (including phenoxy) is 1. The van der Waals surface area contributed by atoms with Crippen LogP contribution in [0.3, 0.4) is 0 Å². The van der Waals surface area contributed by atoms with E-state index in [9.17, 15) is 17.8 Å². The number of rotatable bonds is 4. The average Bonchev–Trinajstić information content (AvgIpc) is 3.60. The second kappa shape index (κ2) is 7.56. The van der Waals surface area contributed by atoms with E-state index in [1.54, 1.807) is 13.0 Å². The van der Waals surface area contributed by atoms with Crippen molar-refractivity contribution in [2.45, 2.75) is 76.5 Å². The van der Waals surface area contributed by atoms with Gasteiger partial charge >= 0.3 is 5.97 Å². The lowest BCUT2D eigenvalue weighted by Gasteiger charge is -2.62. The Hall–Kier alpha value is -1.40. The second-order valence-corrected chi connectivity index (χ2v) is 14.7. The molecule has 0 amide bonds. The maximum absolute atomic E-state index is 13.9. The molecule has 5 nitrogen and oxygen atoms in total. The summed E-state index contributed by atoms with van der Waals surface area (Å²) in [4.78, 5) is 13.8. The first-order chi connectivity index (χ1) is 16.6. The summed E-state index contributed by atoms with van der Waals surface area (Å²) in [5, 5.41) is 0. The highest BCUT2D eigenvalue weighted by Crippen LogP contribution is 2.75. The van der Waals surface area contributed by atoms with E-state index >= 15 is 0 Å². The van der Waals surface area contributed by atoms with E-state index in [4.69, 9.17) is 4.74 Å². The fourth-order valence-electron chi connectivity index (χ4n) is 10.9. The molecule has 7 fully saturated rings. The number of hydrogen-bond donors (Lipinski definition) is 1.